The maximum Gasteiger partial charge on any atom is 0.150 e. The first-order valence-corrected chi connectivity index (χ1v) is 9.27. The highest BCUT2D eigenvalue weighted by molar-refractivity contribution is 4.90. The second-order valence-electron chi connectivity index (χ2n) is 6.23. The number of hydrogen-bond donors (Lipinski definition) is 1. The molecule has 0 bridgehead atoms. The molecule has 0 aromatic carbocycles. The summed E-state index contributed by atoms with van der Waals surface area (Å²) in [4.78, 5) is 4.61. The fourth-order valence-corrected chi connectivity index (χ4v) is 2.69. The number of unbranched alkanes of at least 4 members (excludes halogenated alkanes) is 10. The Hall–Kier alpha value is -0.860. The van der Waals surface area contributed by atoms with Crippen LogP contribution in [-0.2, 0) is 12.8 Å². The van der Waals surface area contributed by atoms with E-state index in [9.17, 15) is 0 Å². The van der Waals surface area contributed by atoms with Crippen molar-refractivity contribution in [1.82, 2.24) is 15.2 Å². The van der Waals surface area contributed by atoms with Crippen LogP contribution in [0.3, 0.4) is 0 Å². The molecule has 3 nitrogen and oxygen atoms in total. The number of aromatic amines is 1. The highest BCUT2D eigenvalue weighted by Crippen LogP contribution is 2.10. The molecule has 3 heteroatoms. The third-order valence-electron chi connectivity index (χ3n) is 4.10. The predicted octanol–water partition coefficient (Wildman–Crippen LogP) is 5.61. The van der Waals surface area contributed by atoms with E-state index < -0.39 is 0 Å². The summed E-state index contributed by atoms with van der Waals surface area (Å²) in [5.41, 5.74) is 0. The smallest absolute Gasteiger partial charge is 0.150 e. The molecule has 0 radical (unpaired) electrons. The molecule has 1 heterocycles. The first-order valence-electron chi connectivity index (χ1n) is 9.27. The second kappa shape index (κ2) is 12.8. The van der Waals surface area contributed by atoms with Gasteiger partial charge >= 0.3 is 0 Å². The molecule has 0 amide bonds. The Kier molecular flexibility index (Phi) is 11.1. The van der Waals surface area contributed by atoms with Gasteiger partial charge in [-0.15, -0.1) is 0 Å². The molecule has 0 aliphatic rings. The van der Waals surface area contributed by atoms with Crippen molar-refractivity contribution in [3.63, 3.8) is 0 Å². The Morgan fingerprint density at radius 2 is 1.19 bits per heavy atom. The first kappa shape index (κ1) is 18.2. The quantitative estimate of drug-likeness (QED) is 0.453. The lowest BCUT2D eigenvalue weighted by molar-refractivity contribution is 0.599. The van der Waals surface area contributed by atoms with Crippen LogP contribution in [0.15, 0.2) is 0 Å². The Labute approximate surface area is 131 Å². The lowest BCUT2D eigenvalue weighted by atomic mass is 10.1. The van der Waals surface area contributed by atoms with Gasteiger partial charge in [-0.25, -0.2) is 4.98 Å². The van der Waals surface area contributed by atoms with E-state index in [1.165, 1.54) is 77.0 Å². The van der Waals surface area contributed by atoms with Crippen molar-refractivity contribution in [3.05, 3.63) is 11.6 Å². The Morgan fingerprint density at radius 1 is 0.667 bits per heavy atom. The zero-order valence-electron chi connectivity index (χ0n) is 14.3. The van der Waals surface area contributed by atoms with Gasteiger partial charge in [-0.1, -0.05) is 78.1 Å². The van der Waals surface area contributed by atoms with Gasteiger partial charge in [0.15, 0.2) is 5.82 Å². The van der Waals surface area contributed by atoms with Crippen LogP contribution in [0.4, 0.5) is 0 Å². The van der Waals surface area contributed by atoms with Crippen LogP contribution in [0.5, 0.6) is 0 Å². The minimum absolute atomic E-state index is 1.02. The monoisotopic (exact) mass is 293 g/mol. The topological polar surface area (TPSA) is 41.6 Å². The Morgan fingerprint density at radius 3 is 1.81 bits per heavy atom. The van der Waals surface area contributed by atoms with Crippen molar-refractivity contribution in [3.8, 4) is 0 Å². The predicted molar refractivity (Wildman–Crippen MR) is 90.5 cm³/mol. The number of nitrogens with zero attached hydrogens (tertiary/aromatic N) is 2. The van der Waals surface area contributed by atoms with Crippen molar-refractivity contribution in [2.24, 2.45) is 0 Å². The summed E-state index contributed by atoms with van der Waals surface area (Å²) >= 11 is 0. The second-order valence-corrected chi connectivity index (χ2v) is 6.23. The molecule has 1 aromatic rings. The molecule has 0 saturated carbocycles. The third kappa shape index (κ3) is 9.65. The average Bonchev–Trinajstić information content (AvgIpc) is 2.94. The van der Waals surface area contributed by atoms with Gasteiger partial charge in [0.1, 0.15) is 5.82 Å². The molecule has 122 valence electrons. The zero-order chi connectivity index (χ0) is 15.2. The molecule has 0 saturated heterocycles. The van der Waals surface area contributed by atoms with Crippen molar-refractivity contribution >= 4 is 0 Å². The van der Waals surface area contributed by atoms with E-state index in [2.05, 4.69) is 29.0 Å². The van der Waals surface area contributed by atoms with E-state index in [-0.39, 0.29) is 0 Å². The first-order chi connectivity index (χ1) is 10.4. The van der Waals surface area contributed by atoms with Crippen molar-refractivity contribution in [2.45, 2.75) is 104 Å². The molecule has 21 heavy (non-hydrogen) atoms. The van der Waals surface area contributed by atoms with E-state index >= 15 is 0 Å². The minimum atomic E-state index is 1.02. The van der Waals surface area contributed by atoms with Crippen LogP contribution < -0.4 is 0 Å². The number of H-pyrrole nitrogens is 1. The van der Waals surface area contributed by atoms with Crippen LogP contribution in [0.2, 0.25) is 0 Å². The summed E-state index contributed by atoms with van der Waals surface area (Å²) in [5, 5.41) is 7.45. The number of aromatic nitrogens is 3. The molecule has 0 spiro atoms. The maximum atomic E-state index is 4.61. The fourth-order valence-electron chi connectivity index (χ4n) is 2.69. The van der Waals surface area contributed by atoms with Gasteiger partial charge in [0, 0.05) is 12.8 Å². The lowest BCUT2D eigenvalue weighted by Gasteiger charge is -1.99. The van der Waals surface area contributed by atoms with Gasteiger partial charge in [-0.05, 0) is 12.8 Å². The van der Waals surface area contributed by atoms with E-state index in [4.69, 9.17) is 0 Å². The minimum Gasteiger partial charge on any atom is -0.263 e. The maximum absolute atomic E-state index is 4.61. The molecule has 0 atom stereocenters. The van der Waals surface area contributed by atoms with E-state index in [1.54, 1.807) is 0 Å². The molecule has 1 N–H and O–H groups in total. The Balaban J connectivity index is 2.01. The normalized spacial score (nSPS) is 11.1. The van der Waals surface area contributed by atoms with Gasteiger partial charge in [0.05, 0.1) is 0 Å². The molecule has 0 aliphatic carbocycles. The van der Waals surface area contributed by atoms with E-state index in [0.29, 0.717) is 0 Å². The number of nitrogens with one attached hydrogen (secondary N) is 1. The molecular weight excluding hydrogens is 258 g/mol. The summed E-state index contributed by atoms with van der Waals surface area (Å²) in [6.45, 7) is 4.53. The summed E-state index contributed by atoms with van der Waals surface area (Å²) in [6.07, 6.45) is 18.1. The lowest BCUT2D eigenvalue weighted by Crippen LogP contribution is -1.91. The third-order valence-corrected chi connectivity index (χ3v) is 4.10. The van der Waals surface area contributed by atoms with E-state index in [1.807, 2.05) is 0 Å². The number of aryl methyl sites for hydroxylation is 2. The molecule has 0 aliphatic heterocycles. The van der Waals surface area contributed by atoms with Gasteiger partial charge < -0.3 is 0 Å². The molecular formula is C18H35N3. The summed E-state index contributed by atoms with van der Waals surface area (Å²) in [5.74, 6) is 2.11. The standard InChI is InChI=1S/C18H35N3/c1-3-5-7-9-11-13-15-17-19-18(21-20-17)16-14-12-10-8-6-4-2/h3-16H2,1-2H3,(H,19,20,21). The van der Waals surface area contributed by atoms with Crippen LogP contribution in [0.25, 0.3) is 0 Å². The van der Waals surface area contributed by atoms with Gasteiger partial charge in [0.25, 0.3) is 0 Å². The summed E-state index contributed by atoms with van der Waals surface area (Å²) < 4.78 is 0. The van der Waals surface area contributed by atoms with Gasteiger partial charge in [0.2, 0.25) is 0 Å². The average molecular weight is 293 g/mol. The summed E-state index contributed by atoms with van der Waals surface area (Å²) in [6, 6.07) is 0. The molecule has 1 rings (SSSR count). The fraction of sp³-hybridized carbons (Fsp3) is 0.889. The largest absolute Gasteiger partial charge is 0.263 e. The van der Waals surface area contributed by atoms with Gasteiger partial charge in [-0.2, -0.15) is 5.10 Å². The van der Waals surface area contributed by atoms with Gasteiger partial charge in [-0.3, -0.25) is 5.10 Å². The van der Waals surface area contributed by atoms with Crippen LogP contribution >= 0.6 is 0 Å². The molecule has 0 unspecified atom stereocenters. The van der Waals surface area contributed by atoms with Crippen molar-refractivity contribution in [1.29, 1.82) is 0 Å². The molecule has 1 aromatic heterocycles. The van der Waals surface area contributed by atoms with Crippen LogP contribution in [-0.4, -0.2) is 15.2 Å². The SMILES string of the molecule is CCCCCCCCc1n[nH]c(CCCCCCCC)n1. The zero-order valence-corrected chi connectivity index (χ0v) is 14.3. The van der Waals surface area contributed by atoms with Crippen LogP contribution in [0, 0.1) is 0 Å². The highest BCUT2D eigenvalue weighted by atomic mass is 15.2. The molecule has 0 fully saturated rings. The number of hydrogen-bond acceptors (Lipinski definition) is 2. The van der Waals surface area contributed by atoms with Crippen molar-refractivity contribution in [2.75, 3.05) is 0 Å². The van der Waals surface area contributed by atoms with Crippen molar-refractivity contribution < 1.29 is 0 Å². The van der Waals surface area contributed by atoms with E-state index in [0.717, 1.165) is 24.5 Å². The Bertz CT molecular complexity index is 302. The number of rotatable bonds is 14. The highest BCUT2D eigenvalue weighted by Gasteiger charge is 2.03. The van der Waals surface area contributed by atoms with Crippen LogP contribution in [0.1, 0.15) is 103 Å². The summed E-state index contributed by atoms with van der Waals surface area (Å²) in [7, 11) is 0.